The lowest BCUT2D eigenvalue weighted by atomic mass is 10.5. The maximum atomic E-state index is 9.93. The van der Waals surface area contributed by atoms with E-state index in [1.165, 1.54) is 12.1 Å². The van der Waals surface area contributed by atoms with Gasteiger partial charge in [-0.25, -0.2) is 10.6 Å². The molecule has 15 heteroatoms. The van der Waals surface area contributed by atoms with Crippen LogP contribution in [0, 0.1) is 25.8 Å². The molecule has 138 valence electrons. The first kappa shape index (κ1) is 21.7. The molecule has 0 saturated heterocycles. The molecule has 0 aliphatic carbocycles. The van der Waals surface area contributed by atoms with E-state index in [9.17, 15) is 34.6 Å². The second kappa shape index (κ2) is 11.3. The van der Waals surface area contributed by atoms with Crippen molar-refractivity contribution >= 4 is 30.4 Å². The number of rotatable bonds is 4. The van der Waals surface area contributed by atoms with Gasteiger partial charge in [0, 0.05) is 0 Å². The zero-order valence-corrected chi connectivity index (χ0v) is 12.6. The van der Waals surface area contributed by atoms with Gasteiger partial charge in [-0.05, 0) is 12.1 Å². The van der Waals surface area contributed by atoms with Gasteiger partial charge in [-0.1, -0.05) is 5.11 Å². The highest BCUT2D eigenvalue weighted by molar-refractivity contribution is 5.73. The molecule has 0 atom stereocenters. The Morgan fingerprint density at radius 1 is 1.04 bits per heavy atom. The average molecular weight is 370 g/mol. The van der Waals surface area contributed by atoms with Crippen LogP contribution in [0.2, 0.25) is 0 Å². The van der Waals surface area contributed by atoms with Crippen LogP contribution >= 0.6 is 0 Å². The zero-order valence-electron chi connectivity index (χ0n) is 12.6. The quantitative estimate of drug-likeness (QED) is 0.175. The average Bonchev–Trinajstić information content (AvgIpc) is 3.31. The molecule has 2 aromatic rings. The predicted octanol–water partition coefficient (Wildman–Crippen LogP) is 1.60. The van der Waals surface area contributed by atoms with Crippen molar-refractivity contribution < 1.29 is 33.1 Å². The van der Waals surface area contributed by atoms with Gasteiger partial charge >= 0.3 is 17.8 Å². The lowest BCUT2D eigenvalue weighted by molar-refractivity contribution is -0.402. The van der Waals surface area contributed by atoms with Crippen LogP contribution in [0.4, 0.5) is 16.6 Å². The number of urea groups is 1. The summed E-state index contributed by atoms with van der Waals surface area (Å²) in [5, 5.41) is 22.2. The minimum atomic E-state index is -0.838. The molecule has 2 amide bonds. The molecule has 2 aromatic heterocycles. The van der Waals surface area contributed by atoms with E-state index >= 15 is 0 Å². The number of nitro groups is 2. The van der Waals surface area contributed by atoms with Crippen molar-refractivity contribution in [2.45, 2.75) is 0 Å². The van der Waals surface area contributed by atoms with Gasteiger partial charge in [0.05, 0.1) is 12.1 Å². The summed E-state index contributed by atoms with van der Waals surface area (Å²) in [5.41, 5.74) is 7.56. The molecule has 0 bridgehead atoms. The van der Waals surface area contributed by atoms with Crippen LogP contribution in [0.3, 0.4) is 0 Å². The molecule has 0 aromatic carbocycles. The Morgan fingerprint density at radius 2 is 1.42 bits per heavy atom. The second-order valence-electron chi connectivity index (χ2n) is 3.66. The van der Waals surface area contributed by atoms with E-state index in [2.05, 4.69) is 19.8 Å². The summed E-state index contributed by atoms with van der Waals surface area (Å²) in [6, 6.07) is 3.90. The van der Waals surface area contributed by atoms with Crippen LogP contribution in [0.15, 0.2) is 38.2 Å². The van der Waals surface area contributed by atoms with E-state index in [4.69, 9.17) is 5.53 Å². The first-order valence-corrected chi connectivity index (χ1v) is 6.05. The molecule has 0 aliphatic rings. The standard InChI is InChI=1S/2C5H3NO4.CH4N4O/c2*7-3-4-1-2-5(10-4)6(8)9;2-4-1(6)5-3/h2*1-3H;2H,3H2,(H,5,6). The van der Waals surface area contributed by atoms with Crippen LogP contribution in [0.25, 0.3) is 0 Å². The Morgan fingerprint density at radius 3 is 1.54 bits per heavy atom. The topological polar surface area (TPSA) is 238 Å². The molecule has 26 heavy (non-hydrogen) atoms. The van der Waals surface area contributed by atoms with Crippen molar-refractivity contribution in [3.63, 3.8) is 0 Å². The third kappa shape index (κ3) is 7.83. The van der Waals surface area contributed by atoms with Crippen molar-refractivity contribution in [1.82, 2.24) is 5.43 Å². The number of nitrogens with one attached hydrogen (secondary N) is 2. The molecule has 15 nitrogen and oxygen atoms in total. The number of carbonyl (C=O) groups is 3. The monoisotopic (exact) mass is 370 g/mol. The first-order valence-electron chi connectivity index (χ1n) is 6.05. The van der Waals surface area contributed by atoms with E-state index < -0.39 is 27.6 Å². The maximum absolute atomic E-state index is 9.93. The Labute approximate surface area is 142 Å². The molecule has 0 unspecified atom stereocenters. The molecular weight excluding hydrogens is 360 g/mol. The van der Waals surface area contributed by atoms with E-state index in [1.54, 1.807) is 5.43 Å². The number of nitrogens with zero attached hydrogens (tertiary/aromatic N) is 3. The highest BCUT2D eigenvalue weighted by Crippen LogP contribution is 2.13. The summed E-state index contributed by atoms with van der Waals surface area (Å²) in [4.78, 5) is 47.9. The number of amides is 2. The number of furan rings is 2. The lowest BCUT2D eigenvalue weighted by Gasteiger charge is -1.80. The summed E-state index contributed by atoms with van der Waals surface area (Å²) in [6.07, 6.45) is 0.819. The van der Waals surface area contributed by atoms with Gasteiger partial charge < -0.3 is 8.83 Å². The molecule has 0 radical (unpaired) electrons. The third-order valence-electron chi connectivity index (χ3n) is 2.04. The Balaban J connectivity index is 0.000000375. The van der Waals surface area contributed by atoms with E-state index in [0.29, 0.717) is 12.6 Å². The van der Waals surface area contributed by atoms with Crippen molar-refractivity contribution in [2.75, 3.05) is 0 Å². The van der Waals surface area contributed by atoms with Gasteiger partial charge in [-0.3, -0.25) is 35.2 Å². The molecular formula is C11H10N6O9. The van der Waals surface area contributed by atoms with Gasteiger partial charge in [0.25, 0.3) is 0 Å². The van der Waals surface area contributed by atoms with E-state index in [0.717, 1.165) is 12.1 Å². The Kier molecular flexibility index (Phi) is 9.44. The number of hydrazine groups is 1. The second-order valence-corrected chi connectivity index (χ2v) is 3.66. The fourth-order valence-corrected chi connectivity index (χ4v) is 1.04. The van der Waals surface area contributed by atoms with Crippen LogP contribution < -0.4 is 11.3 Å². The van der Waals surface area contributed by atoms with E-state index in [1.807, 2.05) is 0 Å². The summed E-state index contributed by atoms with van der Waals surface area (Å²) in [7, 11) is 0. The van der Waals surface area contributed by atoms with E-state index in [-0.39, 0.29) is 11.5 Å². The van der Waals surface area contributed by atoms with Gasteiger partial charge in [0.1, 0.15) is 9.85 Å². The summed E-state index contributed by atoms with van der Waals surface area (Å²) in [5.74, 6) is 3.57. The van der Waals surface area contributed by atoms with Crippen molar-refractivity contribution in [1.29, 1.82) is 5.53 Å². The molecule has 0 saturated carbocycles. The SMILES string of the molecule is N=NC(=O)NN.O=Cc1ccc([N+](=O)[O-])o1.O=Cc1ccc([N+](=O)[O-])o1. The third-order valence-corrected chi connectivity index (χ3v) is 2.04. The first-order chi connectivity index (χ1) is 12.3. The fourth-order valence-electron chi connectivity index (χ4n) is 1.04. The summed E-state index contributed by atoms with van der Waals surface area (Å²) in [6.45, 7) is 0. The fraction of sp³-hybridized carbons (Fsp3) is 0. The van der Waals surface area contributed by atoms with Crippen LogP contribution in [-0.4, -0.2) is 28.5 Å². The maximum Gasteiger partial charge on any atom is 0.433 e. The smallest absolute Gasteiger partial charge is 0.398 e. The summed E-state index contributed by atoms with van der Waals surface area (Å²) >= 11 is 0. The number of hydrogen-bond donors (Lipinski definition) is 3. The van der Waals surface area contributed by atoms with Crippen molar-refractivity contribution in [3.8, 4) is 0 Å². The van der Waals surface area contributed by atoms with Crippen LogP contribution in [-0.2, 0) is 0 Å². The number of carbonyl (C=O) groups excluding carboxylic acids is 3. The van der Waals surface area contributed by atoms with Gasteiger partial charge in [-0.15, -0.1) is 0 Å². The minimum Gasteiger partial charge on any atom is -0.398 e. The van der Waals surface area contributed by atoms with Gasteiger partial charge in [0.2, 0.25) is 0 Å². The molecule has 2 rings (SSSR count). The normalized spacial score (nSPS) is 8.65. The molecule has 2 heterocycles. The Bertz CT molecular complexity index is 739. The number of hydrogen-bond acceptors (Lipinski definition) is 11. The molecule has 0 aliphatic heterocycles. The number of nitrogens with two attached hydrogens (primary N) is 1. The highest BCUT2D eigenvalue weighted by atomic mass is 16.7. The summed E-state index contributed by atoms with van der Waals surface area (Å²) < 4.78 is 8.85. The molecule has 0 spiro atoms. The zero-order chi connectivity index (χ0) is 20.1. The van der Waals surface area contributed by atoms with Crippen LogP contribution in [0.5, 0.6) is 0 Å². The molecule has 0 fully saturated rings. The highest BCUT2D eigenvalue weighted by Gasteiger charge is 2.10. The van der Waals surface area contributed by atoms with Gasteiger partial charge in [-0.2, -0.15) is 5.53 Å². The van der Waals surface area contributed by atoms with Crippen LogP contribution in [0.1, 0.15) is 21.1 Å². The largest absolute Gasteiger partial charge is 0.433 e. The minimum absolute atomic E-state index is 0.0355. The molecule has 4 N–H and O–H groups in total. The van der Waals surface area contributed by atoms with Gasteiger partial charge in [0.15, 0.2) is 24.1 Å². The Hall–Kier alpha value is -4.27. The van der Waals surface area contributed by atoms with Crippen molar-refractivity contribution in [2.24, 2.45) is 11.0 Å². The number of aldehydes is 2. The predicted molar refractivity (Wildman–Crippen MR) is 79.4 cm³/mol. The van der Waals surface area contributed by atoms with Crippen molar-refractivity contribution in [3.05, 3.63) is 56.0 Å². The lowest BCUT2D eigenvalue weighted by Crippen LogP contribution is -2.26.